The predicted molar refractivity (Wildman–Crippen MR) is 80.6 cm³/mol. The summed E-state index contributed by atoms with van der Waals surface area (Å²) in [6.45, 7) is 2.51. The van der Waals surface area contributed by atoms with Crippen LogP contribution in [0.15, 0.2) is 0 Å². The van der Waals surface area contributed by atoms with E-state index in [0.717, 1.165) is 0 Å². The Morgan fingerprint density at radius 3 is 1.73 bits per heavy atom. The number of carbonyl (C=O) groups excluding carboxylic acids is 3. The van der Waals surface area contributed by atoms with Crippen molar-refractivity contribution in [2.45, 2.75) is 12.8 Å². The zero-order chi connectivity index (χ0) is 16.8. The average molecular weight is 318 g/mol. The summed E-state index contributed by atoms with van der Waals surface area (Å²) >= 11 is 0. The highest BCUT2D eigenvalue weighted by Gasteiger charge is 2.10. The van der Waals surface area contributed by atoms with Gasteiger partial charge in [-0.1, -0.05) is 0 Å². The highest BCUT2D eigenvalue weighted by molar-refractivity contribution is 5.77. The molecule has 0 fully saturated rings. The summed E-state index contributed by atoms with van der Waals surface area (Å²) in [5.74, 6) is -0.0816. The largest absolute Gasteiger partial charge is 0.453 e. The number of carbonyl (C=O) groups is 3. The Morgan fingerprint density at radius 1 is 0.909 bits per heavy atom. The normalized spacial score (nSPS) is 10.0. The minimum atomic E-state index is -0.472. The van der Waals surface area contributed by atoms with E-state index >= 15 is 0 Å². The van der Waals surface area contributed by atoms with Gasteiger partial charge in [-0.3, -0.25) is 9.69 Å². The summed E-state index contributed by atoms with van der Waals surface area (Å²) in [7, 11) is 4.20. The van der Waals surface area contributed by atoms with E-state index in [9.17, 15) is 14.4 Å². The minimum absolute atomic E-state index is 0.0816. The number of methoxy groups -OCH3 is 2. The molecular formula is C13H26N4O5. The SMILES string of the molecule is CNC(=O)CN(CCCNC(=O)OC)CCCNC(=O)OC. The van der Waals surface area contributed by atoms with Crippen LogP contribution in [0.5, 0.6) is 0 Å². The van der Waals surface area contributed by atoms with Gasteiger partial charge >= 0.3 is 12.2 Å². The molecule has 0 saturated heterocycles. The fraction of sp³-hybridized carbons (Fsp3) is 0.769. The Labute approximate surface area is 130 Å². The molecule has 0 aliphatic carbocycles. The van der Waals surface area contributed by atoms with E-state index < -0.39 is 12.2 Å². The number of likely N-dealkylation sites (N-methyl/N-ethyl adjacent to an activating group) is 1. The maximum atomic E-state index is 11.5. The fourth-order valence-corrected chi connectivity index (χ4v) is 1.68. The first-order valence-electron chi connectivity index (χ1n) is 7.10. The van der Waals surface area contributed by atoms with Crippen molar-refractivity contribution in [3.63, 3.8) is 0 Å². The summed E-state index contributed by atoms with van der Waals surface area (Å²) in [5.41, 5.74) is 0. The highest BCUT2D eigenvalue weighted by Crippen LogP contribution is 1.94. The van der Waals surface area contributed by atoms with Gasteiger partial charge in [0.2, 0.25) is 5.91 Å². The van der Waals surface area contributed by atoms with Crippen LogP contribution in [-0.2, 0) is 14.3 Å². The quantitative estimate of drug-likeness (QED) is 0.470. The number of hydrogen-bond acceptors (Lipinski definition) is 6. The van der Waals surface area contributed by atoms with E-state index in [-0.39, 0.29) is 12.5 Å². The lowest BCUT2D eigenvalue weighted by molar-refractivity contribution is -0.121. The Morgan fingerprint density at radius 2 is 1.36 bits per heavy atom. The monoisotopic (exact) mass is 318 g/mol. The van der Waals surface area contributed by atoms with Gasteiger partial charge in [0, 0.05) is 33.2 Å². The van der Waals surface area contributed by atoms with Gasteiger partial charge in [-0.25, -0.2) is 9.59 Å². The summed E-state index contributed by atoms with van der Waals surface area (Å²) in [5, 5.41) is 7.74. The smallest absolute Gasteiger partial charge is 0.406 e. The molecule has 9 heteroatoms. The van der Waals surface area contributed by atoms with Gasteiger partial charge in [-0.05, 0) is 12.8 Å². The molecule has 0 saturated carbocycles. The molecule has 0 spiro atoms. The van der Waals surface area contributed by atoms with Gasteiger partial charge in [0.1, 0.15) is 0 Å². The Balaban J connectivity index is 4.01. The molecule has 9 nitrogen and oxygen atoms in total. The number of alkyl carbamates (subject to hydrolysis) is 2. The summed E-state index contributed by atoms with van der Waals surface area (Å²) in [6.07, 6.45) is 0.438. The molecular weight excluding hydrogens is 292 g/mol. The van der Waals surface area contributed by atoms with E-state index in [1.165, 1.54) is 14.2 Å². The van der Waals surface area contributed by atoms with Crippen LogP contribution in [0, 0.1) is 0 Å². The van der Waals surface area contributed by atoms with E-state index in [1.807, 2.05) is 4.90 Å². The molecule has 0 aliphatic rings. The van der Waals surface area contributed by atoms with Crippen molar-refractivity contribution in [1.82, 2.24) is 20.9 Å². The number of rotatable bonds is 10. The van der Waals surface area contributed by atoms with Crippen LogP contribution in [0.4, 0.5) is 9.59 Å². The van der Waals surface area contributed by atoms with Crippen molar-refractivity contribution in [3.8, 4) is 0 Å². The van der Waals surface area contributed by atoms with Gasteiger partial charge in [0.05, 0.1) is 20.8 Å². The third-order valence-corrected chi connectivity index (χ3v) is 2.86. The van der Waals surface area contributed by atoms with Crippen LogP contribution in [0.2, 0.25) is 0 Å². The van der Waals surface area contributed by atoms with Crippen LogP contribution in [0.1, 0.15) is 12.8 Å². The topological polar surface area (TPSA) is 109 Å². The molecule has 0 aromatic carbocycles. The van der Waals surface area contributed by atoms with Crippen molar-refractivity contribution in [2.24, 2.45) is 0 Å². The summed E-state index contributed by atoms with van der Waals surface area (Å²) < 4.78 is 8.94. The van der Waals surface area contributed by atoms with Gasteiger partial charge in [0.25, 0.3) is 0 Å². The fourth-order valence-electron chi connectivity index (χ4n) is 1.68. The molecule has 0 aromatic rings. The van der Waals surface area contributed by atoms with E-state index in [2.05, 4.69) is 25.4 Å². The third kappa shape index (κ3) is 10.7. The van der Waals surface area contributed by atoms with Gasteiger partial charge in [-0.15, -0.1) is 0 Å². The second-order valence-corrected chi connectivity index (χ2v) is 4.49. The van der Waals surface area contributed by atoms with Crippen LogP contribution in [-0.4, -0.2) is 77.0 Å². The molecule has 0 bridgehead atoms. The Hall–Kier alpha value is -2.03. The van der Waals surface area contributed by atoms with Crippen molar-refractivity contribution in [1.29, 1.82) is 0 Å². The van der Waals surface area contributed by atoms with Crippen LogP contribution in [0.25, 0.3) is 0 Å². The lowest BCUT2D eigenvalue weighted by Crippen LogP contribution is -2.39. The van der Waals surface area contributed by atoms with Crippen molar-refractivity contribution in [2.75, 3.05) is 54.0 Å². The lowest BCUT2D eigenvalue weighted by atomic mass is 10.3. The predicted octanol–water partition coefficient (Wildman–Crippen LogP) is -0.473. The van der Waals surface area contributed by atoms with E-state index in [4.69, 9.17) is 0 Å². The third-order valence-electron chi connectivity index (χ3n) is 2.86. The van der Waals surface area contributed by atoms with E-state index in [0.29, 0.717) is 39.0 Å². The summed E-state index contributed by atoms with van der Waals surface area (Å²) in [6, 6.07) is 0. The van der Waals surface area contributed by atoms with Crippen LogP contribution >= 0.6 is 0 Å². The summed E-state index contributed by atoms with van der Waals surface area (Å²) in [4.78, 5) is 35.3. The molecule has 0 rings (SSSR count). The highest BCUT2D eigenvalue weighted by atomic mass is 16.5. The van der Waals surface area contributed by atoms with Crippen molar-refractivity contribution >= 4 is 18.1 Å². The molecule has 3 N–H and O–H groups in total. The standard InChI is InChI=1S/C13H26N4O5/c1-14-11(18)10-17(8-4-6-15-12(19)21-2)9-5-7-16-13(20)22-3/h4-10H2,1-3H3,(H,14,18)(H,15,19)(H,16,20). The number of nitrogens with one attached hydrogen (secondary N) is 3. The lowest BCUT2D eigenvalue weighted by Gasteiger charge is -2.21. The second kappa shape index (κ2) is 12.7. The average Bonchev–Trinajstić information content (AvgIpc) is 2.53. The van der Waals surface area contributed by atoms with Gasteiger partial charge in [-0.2, -0.15) is 0 Å². The number of nitrogens with zero attached hydrogens (tertiary/aromatic N) is 1. The molecule has 3 amide bonds. The van der Waals surface area contributed by atoms with Crippen molar-refractivity contribution < 1.29 is 23.9 Å². The van der Waals surface area contributed by atoms with Crippen LogP contribution in [0.3, 0.4) is 0 Å². The molecule has 128 valence electrons. The maximum absolute atomic E-state index is 11.5. The Kier molecular flexibility index (Phi) is 11.5. The maximum Gasteiger partial charge on any atom is 0.406 e. The molecule has 0 unspecified atom stereocenters. The zero-order valence-corrected chi connectivity index (χ0v) is 13.4. The van der Waals surface area contributed by atoms with Crippen molar-refractivity contribution in [3.05, 3.63) is 0 Å². The number of hydrogen-bond donors (Lipinski definition) is 3. The molecule has 0 aromatic heterocycles. The molecule has 0 heterocycles. The second-order valence-electron chi connectivity index (χ2n) is 4.49. The van der Waals surface area contributed by atoms with Crippen LogP contribution < -0.4 is 16.0 Å². The molecule has 0 radical (unpaired) electrons. The molecule has 0 atom stereocenters. The first kappa shape index (κ1) is 20.0. The molecule has 22 heavy (non-hydrogen) atoms. The molecule has 0 aliphatic heterocycles. The first-order chi connectivity index (χ1) is 10.5. The zero-order valence-electron chi connectivity index (χ0n) is 13.4. The number of ether oxygens (including phenoxy) is 2. The Bertz CT molecular complexity index is 327. The first-order valence-corrected chi connectivity index (χ1v) is 7.10. The number of amides is 3. The minimum Gasteiger partial charge on any atom is -0.453 e. The van der Waals surface area contributed by atoms with Gasteiger partial charge < -0.3 is 25.4 Å². The van der Waals surface area contributed by atoms with E-state index in [1.54, 1.807) is 7.05 Å². The van der Waals surface area contributed by atoms with Gasteiger partial charge in [0.15, 0.2) is 0 Å².